The van der Waals surface area contributed by atoms with E-state index in [1.54, 1.807) is 0 Å². The van der Waals surface area contributed by atoms with Gasteiger partial charge in [-0.2, -0.15) is 0 Å². The van der Waals surface area contributed by atoms with Gasteiger partial charge in [-0.25, -0.2) is 0 Å². The van der Waals surface area contributed by atoms with E-state index < -0.39 is 0 Å². The maximum Gasteiger partial charge on any atom is 0.143 e. The third-order valence-electron chi connectivity index (χ3n) is 13.1. The molecule has 2 heterocycles. The molecule has 10 aromatic rings. The topological polar surface area (TPSA) is 29.5 Å². The summed E-state index contributed by atoms with van der Waals surface area (Å²) in [7, 11) is 0. The Morgan fingerprint density at radius 2 is 0.930 bits per heavy atom. The Bertz CT molecular complexity index is 3200. The summed E-state index contributed by atoms with van der Waals surface area (Å²) in [4.78, 5) is 2.45. The number of fused-ring (bicyclic) bond motifs is 12. The van der Waals surface area contributed by atoms with Gasteiger partial charge in [-0.15, -0.1) is 0 Å². The van der Waals surface area contributed by atoms with Gasteiger partial charge in [0.25, 0.3) is 0 Å². The van der Waals surface area contributed by atoms with Crippen molar-refractivity contribution in [3.8, 4) is 33.4 Å². The van der Waals surface area contributed by atoms with E-state index in [4.69, 9.17) is 8.83 Å². The number of benzene rings is 8. The molecule has 0 amide bonds. The Morgan fingerprint density at radius 3 is 1.60 bits per heavy atom. The van der Waals surface area contributed by atoms with E-state index in [0.717, 1.165) is 72.1 Å². The van der Waals surface area contributed by atoms with Crippen LogP contribution in [0.3, 0.4) is 0 Å². The second-order valence-electron chi connectivity index (χ2n) is 16.9. The van der Waals surface area contributed by atoms with Gasteiger partial charge in [0.2, 0.25) is 0 Å². The second kappa shape index (κ2) is 11.4. The van der Waals surface area contributed by atoms with E-state index in [0.29, 0.717) is 0 Å². The second-order valence-corrected chi connectivity index (χ2v) is 16.9. The van der Waals surface area contributed by atoms with E-state index in [1.807, 2.05) is 6.07 Å². The van der Waals surface area contributed by atoms with E-state index in [-0.39, 0.29) is 10.8 Å². The molecule has 0 atom stereocenters. The first-order chi connectivity index (χ1) is 27.8. The molecule has 0 spiro atoms. The summed E-state index contributed by atoms with van der Waals surface area (Å²) in [5.41, 5.74) is 19.3. The van der Waals surface area contributed by atoms with Crippen LogP contribution in [0.2, 0.25) is 0 Å². The predicted molar refractivity (Wildman–Crippen MR) is 236 cm³/mol. The Hall–Kier alpha value is -6.84. The maximum atomic E-state index is 6.79. The van der Waals surface area contributed by atoms with Gasteiger partial charge in [-0.3, -0.25) is 0 Å². The lowest BCUT2D eigenvalue weighted by Gasteiger charge is -2.30. The van der Waals surface area contributed by atoms with Gasteiger partial charge in [-0.1, -0.05) is 143 Å². The summed E-state index contributed by atoms with van der Waals surface area (Å²) in [5.74, 6) is 0. The van der Waals surface area contributed by atoms with Crippen molar-refractivity contribution in [3.63, 3.8) is 0 Å². The van der Waals surface area contributed by atoms with Gasteiger partial charge in [0.1, 0.15) is 22.3 Å². The molecule has 0 N–H and O–H groups in total. The van der Waals surface area contributed by atoms with Crippen LogP contribution in [-0.4, -0.2) is 0 Å². The predicted octanol–water partition coefficient (Wildman–Crippen LogP) is 15.2. The van der Waals surface area contributed by atoms with Crippen LogP contribution in [0.25, 0.3) is 77.3 Å². The fraction of sp³-hybridized carbons (Fsp3) is 0.111. The molecular formula is C54H39NO2. The minimum absolute atomic E-state index is 0.144. The summed E-state index contributed by atoms with van der Waals surface area (Å²) in [6, 6.07) is 59.5. The average Bonchev–Trinajstić information content (AvgIpc) is 3.93. The monoisotopic (exact) mass is 733 g/mol. The van der Waals surface area contributed by atoms with Crippen LogP contribution in [-0.2, 0) is 10.8 Å². The van der Waals surface area contributed by atoms with E-state index in [2.05, 4.69) is 190 Å². The molecule has 0 fully saturated rings. The number of hydrogen-bond donors (Lipinski definition) is 0. The van der Waals surface area contributed by atoms with Gasteiger partial charge >= 0.3 is 0 Å². The first-order valence-electron chi connectivity index (χ1n) is 19.9. The zero-order valence-electron chi connectivity index (χ0n) is 32.4. The average molecular weight is 734 g/mol. The molecule has 2 aromatic heterocycles. The maximum absolute atomic E-state index is 6.79. The highest BCUT2D eigenvalue weighted by atomic mass is 16.3. The molecule has 8 aromatic carbocycles. The van der Waals surface area contributed by atoms with Crippen LogP contribution in [0.1, 0.15) is 49.9 Å². The SMILES string of the molecule is CC1(C)c2ccccc2-c2ccc(N(c3ccc4c(c3)C(C)(C)c3ccccc3-4)c3cccc4oc5cc6c(cc5c34)oc3c(-c4ccccc4)cccc36)cc21. The molecule has 12 rings (SSSR count). The molecule has 0 radical (unpaired) electrons. The molecule has 3 heteroatoms. The summed E-state index contributed by atoms with van der Waals surface area (Å²) >= 11 is 0. The number of nitrogens with zero attached hydrogens (tertiary/aromatic N) is 1. The molecule has 2 aliphatic carbocycles. The van der Waals surface area contributed by atoms with Crippen LogP contribution < -0.4 is 4.90 Å². The van der Waals surface area contributed by atoms with E-state index in [9.17, 15) is 0 Å². The quantitative estimate of drug-likeness (QED) is 0.180. The van der Waals surface area contributed by atoms with Gasteiger partial charge in [0, 0.05) is 43.9 Å². The number of anilines is 3. The third kappa shape index (κ3) is 4.43. The Balaban J connectivity index is 1.11. The van der Waals surface area contributed by atoms with Crippen LogP contribution in [0.4, 0.5) is 17.1 Å². The molecule has 0 saturated carbocycles. The number of furan rings is 2. The highest BCUT2D eigenvalue weighted by molar-refractivity contribution is 6.19. The van der Waals surface area contributed by atoms with Crippen molar-refractivity contribution < 1.29 is 8.83 Å². The lowest BCUT2D eigenvalue weighted by Crippen LogP contribution is -2.18. The molecular weight excluding hydrogens is 695 g/mol. The first-order valence-corrected chi connectivity index (χ1v) is 19.9. The molecule has 0 unspecified atom stereocenters. The van der Waals surface area contributed by atoms with E-state index in [1.165, 1.54) is 44.5 Å². The third-order valence-corrected chi connectivity index (χ3v) is 13.1. The molecule has 2 aliphatic rings. The fourth-order valence-corrected chi connectivity index (χ4v) is 10.2. The number of hydrogen-bond acceptors (Lipinski definition) is 3. The largest absolute Gasteiger partial charge is 0.456 e. The van der Waals surface area contributed by atoms with Crippen LogP contribution in [0.5, 0.6) is 0 Å². The minimum atomic E-state index is -0.144. The Kier molecular flexibility index (Phi) is 6.46. The summed E-state index contributed by atoms with van der Waals surface area (Å²) in [5, 5.41) is 4.22. The van der Waals surface area contributed by atoms with Crippen molar-refractivity contribution in [1.82, 2.24) is 0 Å². The normalized spacial score (nSPS) is 14.6. The van der Waals surface area contributed by atoms with Crippen LogP contribution in [0, 0.1) is 0 Å². The summed E-state index contributed by atoms with van der Waals surface area (Å²) < 4.78 is 13.6. The van der Waals surface area contributed by atoms with Gasteiger partial charge in [-0.05, 0) is 98.6 Å². The molecule has 0 saturated heterocycles. The molecule has 272 valence electrons. The smallest absolute Gasteiger partial charge is 0.143 e. The number of rotatable bonds is 4. The van der Waals surface area contributed by atoms with Crippen molar-refractivity contribution in [2.75, 3.05) is 4.90 Å². The first kappa shape index (κ1) is 32.4. The highest BCUT2D eigenvalue weighted by Gasteiger charge is 2.38. The van der Waals surface area contributed by atoms with E-state index >= 15 is 0 Å². The van der Waals surface area contributed by atoms with Crippen molar-refractivity contribution in [2.45, 2.75) is 38.5 Å². The highest BCUT2D eigenvalue weighted by Crippen LogP contribution is 2.54. The Morgan fingerprint density at radius 1 is 0.386 bits per heavy atom. The van der Waals surface area contributed by atoms with Crippen molar-refractivity contribution in [2.24, 2.45) is 0 Å². The van der Waals surface area contributed by atoms with Crippen molar-refractivity contribution in [1.29, 1.82) is 0 Å². The number of para-hydroxylation sites is 1. The van der Waals surface area contributed by atoms with Gasteiger partial charge in [0.15, 0.2) is 0 Å². The zero-order valence-corrected chi connectivity index (χ0v) is 32.4. The van der Waals surface area contributed by atoms with Crippen LogP contribution >= 0.6 is 0 Å². The zero-order chi connectivity index (χ0) is 38.2. The van der Waals surface area contributed by atoms with Crippen molar-refractivity contribution >= 4 is 60.9 Å². The van der Waals surface area contributed by atoms with Gasteiger partial charge in [0.05, 0.1) is 11.1 Å². The molecule has 0 aliphatic heterocycles. The molecule has 57 heavy (non-hydrogen) atoms. The summed E-state index contributed by atoms with van der Waals surface area (Å²) in [6.45, 7) is 9.42. The van der Waals surface area contributed by atoms with Gasteiger partial charge < -0.3 is 13.7 Å². The minimum Gasteiger partial charge on any atom is -0.456 e. The molecule has 3 nitrogen and oxygen atoms in total. The lowest BCUT2D eigenvalue weighted by atomic mass is 9.82. The lowest BCUT2D eigenvalue weighted by molar-refractivity contribution is 0.660. The molecule has 0 bridgehead atoms. The van der Waals surface area contributed by atoms with Crippen LogP contribution in [0.15, 0.2) is 173 Å². The fourth-order valence-electron chi connectivity index (χ4n) is 10.2. The summed E-state index contributed by atoms with van der Waals surface area (Å²) in [6.07, 6.45) is 0. The van der Waals surface area contributed by atoms with Crippen molar-refractivity contribution in [3.05, 3.63) is 186 Å². The Labute approximate surface area is 331 Å². The standard InChI is InChI=1S/C54H39NO2/c1-53(2)43-20-10-8-16-36(43)38-26-24-33(28-45(38)53)55(34-25-27-39-37-17-9-11-21-44(37)54(3,4)46(39)29-34)47-22-13-23-48-51(47)42-31-49-41(30-50(42)56-48)40-19-12-18-35(52(40)57-49)32-14-6-5-7-15-32/h5-31H,1-4H3.